The number of amides is 2. The highest BCUT2D eigenvalue weighted by Crippen LogP contribution is 2.29. The van der Waals surface area contributed by atoms with Crippen molar-refractivity contribution >= 4 is 17.8 Å². The van der Waals surface area contributed by atoms with Gasteiger partial charge in [0.05, 0.1) is 30.0 Å². The highest BCUT2D eigenvalue weighted by Gasteiger charge is 2.35. The second-order valence-electron chi connectivity index (χ2n) is 11.0. The fraction of sp³-hybridized carbons (Fsp3) is 0.441. The van der Waals surface area contributed by atoms with Gasteiger partial charge in [0.1, 0.15) is 6.61 Å². The lowest BCUT2D eigenvalue weighted by molar-refractivity contribution is -0.150. The third kappa shape index (κ3) is 10.0. The van der Waals surface area contributed by atoms with Gasteiger partial charge >= 0.3 is 5.97 Å². The van der Waals surface area contributed by atoms with Crippen LogP contribution in [0.25, 0.3) is 0 Å². The lowest BCUT2D eigenvalue weighted by atomic mass is 9.94. The van der Waals surface area contributed by atoms with E-state index in [1.807, 2.05) is 60.7 Å². The molecule has 2 aromatic carbocycles. The molecule has 41 heavy (non-hydrogen) atoms. The predicted octanol–water partition coefficient (Wildman–Crippen LogP) is 5.22. The number of benzene rings is 2. The molecule has 7 heteroatoms. The van der Waals surface area contributed by atoms with E-state index in [0.29, 0.717) is 25.7 Å². The van der Waals surface area contributed by atoms with Crippen molar-refractivity contribution in [2.24, 2.45) is 11.8 Å². The van der Waals surface area contributed by atoms with Crippen LogP contribution >= 0.6 is 0 Å². The Morgan fingerprint density at radius 1 is 0.951 bits per heavy atom. The molecule has 3 rings (SSSR count). The fourth-order valence-corrected chi connectivity index (χ4v) is 5.43. The summed E-state index contributed by atoms with van der Waals surface area (Å²) in [5.41, 5.74) is 1.25. The second kappa shape index (κ2) is 16.5. The molecule has 0 heterocycles. The molecule has 3 atom stereocenters. The molecule has 220 valence electrons. The maximum atomic E-state index is 13.5. The van der Waals surface area contributed by atoms with E-state index in [0.717, 1.165) is 36.8 Å². The Morgan fingerprint density at radius 3 is 2.22 bits per heavy atom. The summed E-state index contributed by atoms with van der Waals surface area (Å²) >= 11 is 0. The van der Waals surface area contributed by atoms with Crippen molar-refractivity contribution in [1.29, 1.82) is 0 Å². The van der Waals surface area contributed by atoms with E-state index in [-0.39, 0.29) is 43.3 Å². The van der Waals surface area contributed by atoms with Crippen LogP contribution in [0.5, 0.6) is 0 Å². The van der Waals surface area contributed by atoms with Crippen molar-refractivity contribution in [2.75, 3.05) is 13.2 Å². The van der Waals surface area contributed by atoms with Gasteiger partial charge in [-0.2, -0.15) is 0 Å². The van der Waals surface area contributed by atoms with E-state index < -0.39 is 17.5 Å². The van der Waals surface area contributed by atoms with Crippen LogP contribution in [0, 0.1) is 11.8 Å². The third-order valence-corrected chi connectivity index (χ3v) is 7.81. The number of hydrogen-bond acceptors (Lipinski definition) is 5. The summed E-state index contributed by atoms with van der Waals surface area (Å²) in [5, 5.41) is 15.9. The van der Waals surface area contributed by atoms with Crippen LogP contribution in [0.1, 0.15) is 68.5 Å². The molecule has 2 amide bonds. The van der Waals surface area contributed by atoms with Gasteiger partial charge < -0.3 is 20.5 Å². The summed E-state index contributed by atoms with van der Waals surface area (Å²) in [6.07, 6.45) is 8.93. The van der Waals surface area contributed by atoms with Gasteiger partial charge in [0, 0.05) is 6.42 Å². The molecule has 1 aliphatic carbocycles. The Labute approximate surface area is 244 Å². The second-order valence-corrected chi connectivity index (χ2v) is 11.0. The molecule has 0 radical (unpaired) electrons. The Kier molecular flexibility index (Phi) is 12.8. The summed E-state index contributed by atoms with van der Waals surface area (Å²) in [6.45, 7) is 7.41. The Bertz CT molecular complexity index is 1130. The number of hydrogen-bond donors (Lipinski definition) is 3. The van der Waals surface area contributed by atoms with Gasteiger partial charge in [-0.3, -0.25) is 14.4 Å². The van der Waals surface area contributed by atoms with Crippen LogP contribution in [-0.4, -0.2) is 41.6 Å². The van der Waals surface area contributed by atoms with Gasteiger partial charge in [0.2, 0.25) is 11.8 Å². The first kappa shape index (κ1) is 31.8. The number of carbonyl (C=O) groups excluding carboxylic acids is 3. The number of nitrogens with one attached hydrogen (secondary N) is 2. The molecule has 0 aliphatic heterocycles. The molecule has 1 aliphatic rings. The molecule has 0 aromatic heterocycles. The number of carbonyl (C=O) groups is 3. The van der Waals surface area contributed by atoms with E-state index in [9.17, 15) is 19.5 Å². The molecule has 2 aromatic rings. The first-order valence-corrected chi connectivity index (χ1v) is 14.6. The van der Waals surface area contributed by atoms with Gasteiger partial charge in [-0.25, -0.2) is 0 Å². The molecule has 7 nitrogen and oxygen atoms in total. The molecule has 0 saturated heterocycles. The highest BCUT2D eigenvalue weighted by atomic mass is 16.5. The number of aliphatic hydroxyl groups is 1. The predicted molar refractivity (Wildman–Crippen MR) is 161 cm³/mol. The van der Waals surface area contributed by atoms with Gasteiger partial charge in [0.15, 0.2) is 0 Å². The highest BCUT2D eigenvalue weighted by molar-refractivity contribution is 5.86. The summed E-state index contributed by atoms with van der Waals surface area (Å²) in [6, 6.07) is 18.6. The molecular formula is C34H44N2O5. The van der Waals surface area contributed by atoms with Crippen molar-refractivity contribution in [3.8, 4) is 0 Å². The number of rotatable bonds is 17. The zero-order chi connectivity index (χ0) is 29.5. The minimum Gasteiger partial charge on any atom is -0.463 e. The van der Waals surface area contributed by atoms with Crippen molar-refractivity contribution in [2.45, 2.75) is 69.4 Å². The molecule has 0 bridgehead atoms. The molecule has 0 spiro atoms. The number of esters is 1. The summed E-state index contributed by atoms with van der Waals surface area (Å²) < 4.78 is 5.81. The SMILES string of the molecule is C=CCC[C@H](Cc1ccccc1)C(=O)OC[C@@H](NC(=O)[C@@H](CC=C)CC(=O)NC1(CO)CCCC1)c1ccccc1. The van der Waals surface area contributed by atoms with Crippen molar-refractivity contribution in [1.82, 2.24) is 10.6 Å². The quantitative estimate of drug-likeness (QED) is 0.182. The zero-order valence-corrected chi connectivity index (χ0v) is 23.9. The van der Waals surface area contributed by atoms with E-state index in [4.69, 9.17) is 4.74 Å². The fourth-order valence-electron chi connectivity index (χ4n) is 5.43. The Balaban J connectivity index is 1.68. The monoisotopic (exact) mass is 560 g/mol. The average molecular weight is 561 g/mol. The van der Waals surface area contributed by atoms with E-state index in [1.165, 1.54) is 0 Å². The summed E-state index contributed by atoms with van der Waals surface area (Å²) in [5.74, 6) is -1.89. The summed E-state index contributed by atoms with van der Waals surface area (Å²) in [4.78, 5) is 39.6. The van der Waals surface area contributed by atoms with Gasteiger partial charge in [-0.1, -0.05) is 85.7 Å². The molecule has 3 N–H and O–H groups in total. The lowest BCUT2D eigenvalue weighted by Crippen LogP contribution is -2.50. The van der Waals surface area contributed by atoms with Crippen LogP contribution in [0.4, 0.5) is 0 Å². The number of allylic oxidation sites excluding steroid dienone is 2. The molecule has 0 unspecified atom stereocenters. The van der Waals surface area contributed by atoms with Crippen LogP contribution in [-0.2, 0) is 25.5 Å². The van der Waals surface area contributed by atoms with Crippen LogP contribution in [0.15, 0.2) is 86.0 Å². The van der Waals surface area contributed by atoms with Crippen LogP contribution in [0.3, 0.4) is 0 Å². The number of aliphatic hydroxyl groups excluding tert-OH is 1. The zero-order valence-electron chi connectivity index (χ0n) is 23.9. The third-order valence-electron chi connectivity index (χ3n) is 7.81. The largest absolute Gasteiger partial charge is 0.463 e. The Hall–Kier alpha value is -3.71. The average Bonchev–Trinajstić information content (AvgIpc) is 3.46. The maximum absolute atomic E-state index is 13.5. The van der Waals surface area contributed by atoms with Gasteiger partial charge in [-0.05, 0) is 49.7 Å². The van der Waals surface area contributed by atoms with Crippen molar-refractivity contribution < 1.29 is 24.2 Å². The van der Waals surface area contributed by atoms with Crippen LogP contribution < -0.4 is 10.6 Å². The number of ether oxygens (including phenoxy) is 1. The maximum Gasteiger partial charge on any atom is 0.309 e. The van der Waals surface area contributed by atoms with E-state index >= 15 is 0 Å². The standard InChI is InChI=1S/C34H44N2O5/c1-3-5-17-29(22-26-15-8-6-9-16-26)33(40)41-24-30(27-18-10-7-11-19-27)35-32(39)28(14-4-2)23-31(38)36-34(25-37)20-12-13-21-34/h3-4,6-11,15-16,18-19,28-30,37H,1-2,5,12-14,17,20-25H2,(H,35,39)(H,36,38)/t28-,29+,30+/m0/s1. The smallest absolute Gasteiger partial charge is 0.309 e. The normalized spacial score (nSPS) is 16.1. The van der Waals surface area contributed by atoms with Crippen LogP contribution in [0.2, 0.25) is 0 Å². The van der Waals surface area contributed by atoms with E-state index in [1.54, 1.807) is 12.2 Å². The topological polar surface area (TPSA) is 105 Å². The van der Waals surface area contributed by atoms with E-state index in [2.05, 4.69) is 23.8 Å². The molecule has 1 saturated carbocycles. The minimum atomic E-state index is -0.648. The Morgan fingerprint density at radius 2 is 1.61 bits per heavy atom. The molecular weight excluding hydrogens is 516 g/mol. The van der Waals surface area contributed by atoms with Gasteiger partial charge in [0.25, 0.3) is 0 Å². The first-order valence-electron chi connectivity index (χ1n) is 14.6. The lowest BCUT2D eigenvalue weighted by Gasteiger charge is -2.29. The molecule has 1 fully saturated rings. The first-order chi connectivity index (χ1) is 19.9. The van der Waals surface area contributed by atoms with Crippen molar-refractivity contribution in [3.63, 3.8) is 0 Å². The summed E-state index contributed by atoms with van der Waals surface area (Å²) in [7, 11) is 0. The van der Waals surface area contributed by atoms with Crippen molar-refractivity contribution in [3.05, 3.63) is 97.1 Å². The minimum absolute atomic E-state index is 0.0262. The van der Waals surface area contributed by atoms with Gasteiger partial charge in [-0.15, -0.1) is 13.2 Å².